The molecule has 0 heterocycles. The van der Waals surface area contributed by atoms with Crippen LogP contribution in [-0.2, 0) is 0 Å². The fourth-order valence-electron chi connectivity index (χ4n) is 2.06. The topological polar surface area (TPSA) is 35.5 Å². The fourth-order valence-corrected chi connectivity index (χ4v) is 2.06. The van der Waals surface area contributed by atoms with E-state index in [2.05, 4.69) is 18.6 Å². The SMILES string of the molecule is CC(C)COc1cccc(/C=C/C(=O)c2cccc(OC(F)F)c2)c1. The summed E-state index contributed by atoms with van der Waals surface area (Å²) in [6.07, 6.45) is 3.05. The van der Waals surface area contributed by atoms with Gasteiger partial charge in [0.05, 0.1) is 6.61 Å². The van der Waals surface area contributed by atoms with Crippen molar-refractivity contribution in [1.82, 2.24) is 0 Å². The maximum absolute atomic E-state index is 12.2. The van der Waals surface area contributed by atoms with E-state index in [9.17, 15) is 13.6 Å². The first-order valence-electron chi connectivity index (χ1n) is 7.94. The van der Waals surface area contributed by atoms with Gasteiger partial charge in [0.2, 0.25) is 0 Å². The molecule has 0 saturated heterocycles. The summed E-state index contributed by atoms with van der Waals surface area (Å²) >= 11 is 0. The highest BCUT2D eigenvalue weighted by Crippen LogP contribution is 2.18. The summed E-state index contributed by atoms with van der Waals surface area (Å²) in [4.78, 5) is 12.2. The van der Waals surface area contributed by atoms with Crippen LogP contribution in [-0.4, -0.2) is 19.0 Å². The summed E-state index contributed by atoms with van der Waals surface area (Å²) in [5.74, 6) is 0.811. The van der Waals surface area contributed by atoms with E-state index in [1.54, 1.807) is 12.1 Å². The lowest BCUT2D eigenvalue weighted by molar-refractivity contribution is -0.0498. The second-order valence-electron chi connectivity index (χ2n) is 5.88. The van der Waals surface area contributed by atoms with E-state index >= 15 is 0 Å². The molecule has 0 fully saturated rings. The Morgan fingerprint density at radius 2 is 1.80 bits per heavy atom. The minimum Gasteiger partial charge on any atom is -0.493 e. The van der Waals surface area contributed by atoms with Gasteiger partial charge in [0.15, 0.2) is 5.78 Å². The normalized spacial score (nSPS) is 11.3. The van der Waals surface area contributed by atoms with Crippen LogP contribution in [0.15, 0.2) is 54.6 Å². The number of hydrogen-bond acceptors (Lipinski definition) is 3. The average Bonchev–Trinajstić information content (AvgIpc) is 2.58. The van der Waals surface area contributed by atoms with E-state index in [4.69, 9.17) is 4.74 Å². The molecule has 2 rings (SSSR count). The molecular weight excluding hydrogens is 326 g/mol. The van der Waals surface area contributed by atoms with Crippen molar-refractivity contribution >= 4 is 11.9 Å². The van der Waals surface area contributed by atoms with Crippen LogP contribution in [0.3, 0.4) is 0 Å². The van der Waals surface area contributed by atoms with Gasteiger partial charge < -0.3 is 9.47 Å². The fraction of sp³-hybridized carbons (Fsp3) is 0.250. The van der Waals surface area contributed by atoms with E-state index in [1.807, 2.05) is 24.3 Å². The second-order valence-corrected chi connectivity index (χ2v) is 5.88. The van der Waals surface area contributed by atoms with Gasteiger partial charge >= 0.3 is 6.61 Å². The van der Waals surface area contributed by atoms with Crippen LogP contribution in [0.25, 0.3) is 6.08 Å². The monoisotopic (exact) mass is 346 g/mol. The molecule has 0 bridgehead atoms. The van der Waals surface area contributed by atoms with E-state index in [0.717, 1.165) is 11.3 Å². The highest BCUT2D eigenvalue weighted by Gasteiger charge is 2.07. The van der Waals surface area contributed by atoms with Crippen molar-refractivity contribution in [2.75, 3.05) is 6.61 Å². The zero-order valence-electron chi connectivity index (χ0n) is 14.1. The number of allylic oxidation sites excluding steroid dienone is 1. The highest BCUT2D eigenvalue weighted by atomic mass is 19.3. The van der Waals surface area contributed by atoms with Crippen LogP contribution in [0.2, 0.25) is 0 Å². The Kier molecular flexibility index (Phi) is 6.69. The minimum atomic E-state index is -2.92. The molecule has 2 aromatic rings. The molecule has 0 unspecified atom stereocenters. The zero-order valence-corrected chi connectivity index (χ0v) is 14.1. The number of rotatable bonds is 8. The molecule has 0 aliphatic carbocycles. The van der Waals surface area contributed by atoms with Gasteiger partial charge in [0.25, 0.3) is 0 Å². The minimum absolute atomic E-state index is 0.0432. The van der Waals surface area contributed by atoms with Gasteiger partial charge in [-0.2, -0.15) is 8.78 Å². The molecule has 0 aliphatic rings. The molecule has 5 heteroatoms. The van der Waals surface area contributed by atoms with Crippen molar-refractivity contribution in [3.8, 4) is 11.5 Å². The van der Waals surface area contributed by atoms with Gasteiger partial charge in [-0.1, -0.05) is 44.2 Å². The molecule has 0 saturated carbocycles. The maximum atomic E-state index is 12.2. The third-order valence-corrected chi connectivity index (χ3v) is 3.21. The predicted octanol–water partition coefficient (Wildman–Crippen LogP) is 5.22. The van der Waals surface area contributed by atoms with Crippen LogP contribution in [0, 0.1) is 5.92 Å². The summed E-state index contributed by atoms with van der Waals surface area (Å²) in [6, 6.07) is 13.1. The average molecular weight is 346 g/mol. The standard InChI is InChI=1S/C20H20F2O3/c1-14(2)13-24-17-7-3-5-15(11-17)9-10-19(23)16-6-4-8-18(12-16)25-20(21)22/h3-12,14,20H,13H2,1-2H3/b10-9+. The number of alkyl halides is 2. The summed E-state index contributed by atoms with van der Waals surface area (Å²) < 4.78 is 34.4. The largest absolute Gasteiger partial charge is 0.493 e. The Morgan fingerprint density at radius 1 is 1.08 bits per heavy atom. The third kappa shape index (κ3) is 6.37. The van der Waals surface area contributed by atoms with Crippen molar-refractivity contribution < 1.29 is 23.0 Å². The molecule has 0 amide bonds. The van der Waals surface area contributed by atoms with Crippen molar-refractivity contribution in [1.29, 1.82) is 0 Å². The van der Waals surface area contributed by atoms with Gasteiger partial charge in [-0.15, -0.1) is 0 Å². The molecular formula is C20H20F2O3. The Hall–Kier alpha value is -2.69. The molecule has 3 nitrogen and oxygen atoms in total. The van der Waals surface area contributed by atoms with Gasteiger partial charge in [-0.25, -0.2) is 0 Å². The van der Waals surface area contributed by atoms with Gasteiger partial charge in [0, 0.05) is 5.56 Å². The van der Waals surface area contributed by atoms with Crippen LogP contribution < -0.4 is 9.47 Å². The van der Waals surface area contributed by atoms with Gasteiger partial charge in [-0.3, -0.25) is 4.79 Å². The molecule has 0 N–H and O–H groups in total. The first-order valence-corrected chi connectivity index (χ1v) is 7.94. The van der Waals surface area contributed by atoms with Crippen LogP contribution >= 0.6 is 0 Å². The number of ketones is 1. The predicted molar refractivity (Wildman–Crippen MR) is 93.2 cm³/mol. The quantitative estimate of drug-likeness (QED) is 0.486. The Labute approximate surface area is 145 Å². The molecule has 2 aromatic carbocycles. The maximum Gasteiger partial charge on any atom is 0.387 e. The Morgan fingerprint density at radius 3 is 2.52 bits per heavy atom. The molecule has 0 atom stereocenters. The smallest absolute Gasteiger partial charge is 0.387 e. The number of ether oxygens (including phenoxy) is 2. The van der Waals surface area contributed by atoms with Crippen LogP contribution in [0.4, 0.5) is 8.78 Å². The second kappa shape index (κ2) is 8.97. The van der Waals surface area contributed by atoms with E-state index in [0.29, 0.717) is 12.5 Å². The van der Waals surface area contributed by atoms with Crippen molar-refractivity contribution in [3.05, 3.63) is 65.7 Å². The molecule has 0 radical (unpaired) electrons. The molecule has 0 aromatic heterocycles. The zero-order chi connectivity index (χ0) is 18.2. The first kappa shape index (κ1) is 18.6. The lowest BCUT2D eigenvalue weighted by atomic mass is 10.1. The Bertz CT molecular complexity index is 739. The lowest BCUT2D eigenvalue weighted by Crippen LogP contribution is -2.04. The van der Waals surface area contributed by atoms with Crippen LogP contribution in [0.5, 0.6) is 11.5 Å². The summed E-state index contributed by atoms with van der Waals surface area (Å²) in [6.45, 7) is 1.82. The van der Waals surface area contributed by atoms with Crippen molar-refractivity contribution in [2.24, 2.45) is 5.92 Å². The van der Waals surface area contributed by atoms with E-state index in [1.165, 1.54) is 24.3 Å². The van der Waals surface area contributed by atoms with Crippen molar-refractivity contribution in [3.63, 3.8) is 0 Å². The number of carbonyl (C=O) groups is 1. The lowest BCUT2D eigenvalue weighted by Gasteiger charge is -2.08. The third-order valence-electron chi connectivity index (χ3n) is 3.21. The molecule has 0 spiro atoms. The van der Waals surface area contributed by atoms with Gasteiger partial charge in [0.1, 0.15) is 11.5 Å². The summed E-state index contributed by atoms with van der Waals surface area (Å²) in [5.41, 5.74) is 1.09. The Balaban J connectivity index is 2.06. The highest BCUT2D eigenvalue weighted by molar-refractivity contribution is 6.07. The first-order chi connectivity index (χ1) is 11.9. The molecule has 25 heavy (non-hydrogen) atoms. The number of carbonyl (C=O) groups excluding carboxylic acids is 1. The summed E-state index contributed by atoms with van der Waals surface area (Å²) in [5, 5.41) is 0. The molecule has 0 aliphatic heterocycles. The number of benzene rings is 2. The number of halogens is 2. The van der Waals surface area contributed by atoms with E-state index < -0.39 is 6.61 Å². The van der Waals surface area contributed by atoms with Crippen LogP contribution in [0.1, 0.15) is 29.8 Å². The van der Waals surface area contributed by atoms with Gasteiger partial charge in [-0.05, 0) is 41.8 Å². The molecule has 132 valence electrons. The van der Waals surface area contributed by atoms with Crippen molar-refractivity contribution in [2.45, 2.75) is 20.5 Å². The summed E-state index contributed by atoms with van der Waals surface area (Å²) in [7, 11) is 0. The number of hydrogen-bond donors (Lipinski definition) is 0. The van der Waals surface area contributed by atoms with E-state index in [-0.39, 0.29) is 17.1 Å².